The summed E-state index contributed by atoms with van der Waals surface area (Å²) in [6.07, 6.45) is 2.26. The SMILES string of the molecule is CCCc1ccc(CN(C)C(=O)C(C)N)cc1. The number of hydrogen-bond acceptors (Lipinski definition) is 2. The number of likely N-dealkylation sites (N-methyl/N-ethyl adjacent to an activating group) is 1. The molecule has 1 rings (SSSR count). The molecule has 17 heavy (non-hydrogen) atoms. The van der Waals surface area contributed by atoms with E-state index in [1.807, 2.05) is 0 Å². The van der Waals surface area contributed by atoms with E-state index in [2.05, 4.69) is 31.2 Å². The standard InChI is InChI=1S/C14H22N2O/c1-4-5-12-6-8-13(9-7-12)10-16(3)14(17)11(2)15/h6-9,11H,4-5,10,15H2,1-3H3. The molecule has 0 saturated heterocycles. The van der Waals surface area contributed by atoms with Crippen molar-refractivity contribution in [2.75, 3.05) is 7.05 Å². The molecule has 0 aliphatic rings. The lowest BCUT2D eigenvalue weighted by molar-refractivity contribution is -0.131. The third-order valence-electron chi connectivity index (χ3n) is 2.75. The predicted molar refractivity (Wildman–Crippen MR) is 70.6 cm³/mol. The van der Waals surface area contributed by atoms with Crippen LogP contribution in [0.15, 0.2) is 24.3 Å². The molecule has 0 bridgehead atoms. The number of hydrogen-bond donors (Lipinski definition) is 1. The van der Waals surface area contributed by atoms with Crippen molar-refractivity contribution >= 4 is 5.91 Å². The van der Waals surface area contributed by atoms with E-state index in [4.69, 9.17) is 5.73 Å². The van der Waals surface area contributed by atoms with Crippen LogP contribution >= 0.6 is 0 Å². The highest BCUT2D eigenvalue weighted by molar-refractivity contribution is 5.80. The Hall–Kier alpha value is -1.35. The molecule has 3 heteroatoms. The van der Waals surface area contributed by atoms with Gasteiger partial charge in [-0.2, -0.15) is 0 Å². The van der Waals surface area contributed by atoms with Crippen molar-refractivity contribution in [2.24, 2.45) is 5.73 Å². The van der Waals surface area contributed by atoms with Gasteiger partial charge < -0.3 is 10.6 Å². The van der Waals surface area contributed by atoms with Gasteiger partial charge in [-0.3, -0.25) is 4.79 Å². The van der Waals surface area contributed by atoms with Crippen LogP contribution in [0.3, 0.4) is 0 Å². The molecule has 0 radical (unpaired) electrons. The highest BCUT2D eigenvalue weighted by Crippen LogP contribution is 2.09. The van der Waals surface area contributed by atoms with Crippen molar-refractivity contribution in [3.05, 3.63) is 35.4 Å². The van der Waals surface area contributed by atoms with Gasteiger partial charge in [0.1, 0.15) is 0 Å². The molecule has 1 atom stereocenters. The maximum Gasteiger partial charge on any atom is 0.239 e. The Balaban J connectivity index is 2.60. The summed E-state index contributed by atoms with van der Waals surface area (Å²) in [4.78, 5) is 13.3. The van der Waals surface area contributed by atoms with Crippen LogP contribution in [-0.2, 0) is 17.8 Å². The Labute approximate surface area is 104 Å². The van der Waals surface area contributed by atoms with Gasteiger partial charge in [0.05, 0.1) is 6.04 Å². The molecule has 0 fully saturated rings. The molecule has 0 aliphatic heterocycles. The molecule has 1 unspecified atom stereocenters. The summed E-state index contributed by atoms with van der Waals surface area (Å²) in [5, 5.41) is 0. The summed E-state index contributed by atoms with van der Waals surface area (Å²) in [7, 11) is 1.78. The second kappa shape index (κ2) is 6.40. The summed E-state index contributed by atoms with van der Waals surface area (Å²) in [5.41, 5.74) is 8.05. The van der Waals surface area contributed by atoms with Gasteiger partial charge in [0.15, 0.2) is 0 Å². The Morgan fingerprint density at radius 1 is 1.29 bits per heavy atom. The number of aryl methyl sites for hydroxylation is 1. The summed E-state index contributed by atoms with van der Waals surface area (Å²) in [5.74, 6) is -0.0253. The van der Waals surface area contributed by atoms with Crippen molar-refractivity contribution < 1.29 is 4.79 Å². The van der Waals surface area contributed by atoms with Crippen molar-refractivity contribution in [1.29, 1.82) is 0 Å². The van der Waals surface area contributed by atoms with Gasteiger partial charge in [-0.15, -0.1) is 0 Å². The Bertz CT molecular complexity index is 357. The van der Waals surface area contributed by atoms with E-state index in [0.29, 0.717) is 6.54 Å². The predicted octanol–water partition coefficient (Wildman–Crippen LogP) is 1.94. The number of nitrogens with two attached hydrogens (primary N) is 1. The van der Waals surface area contributed by atoms with E-state index < -0.39 is 6.04 Å². The molecule has 1 aromatic carbocycles. The van der Waals surface area contributed by atoms with Crippen molar-refractivity contribution in [1.82, 2.24) is 4.90 Å². The van der Waals surface area contributed by atoms with Crippen LogP contribution in [0.25, 0.3) is 0 Å². The molecule has 94 valence electrons. The number of carbonyl (C=O) groups is 1. The van der Waals surface area contributed by atoms with Crippen LogP contribution in [0.2, 0.25) is 0 Å². The second-order valence-corrected chi connectivity index (χ2v) is 4.55. The van der Waals surface area contributed by atoms with E-state index in [1.165, 1.54) is 5.56 Å². The largest absolute Gasteiger partial charge is 0.340 e. The minimum absolute atomic E-state index is 0.0253. The average Bonchev–Trinajstić information content (AvgIpc) is 2.30. The monoisotopic (exact) mass is 234 g/mol. The van der Waals surface area contributed by atoms with Crippen LogP contribution in [-0.4, -0.2) is 23.9 Å². The number of nitrogens with zero attached hydrogens (tertiary/aromatic N) is 1. The third-order valence-corrected chi connectivity index (χ3v) is 2.75. The Morgan fingerprint density at radius 2 is 1.82 bits per heavy atom. The fraction of sp³-hybridized carbons (Fsp3) is 0.500. The molecule has 1 amide bonds. The number of carbonyl (C=O) groups excluding carboxylic acids is 1. The first-order chi connectivity index (χ1) is 8.04. The van der Waals surface area contributed by atoms with Crippen LogP contribution in [0.1, 0.15) is 31.4 Å². The van der Waals surface area contributed by atoms with Gasteiger partial charge in [-0.05, 0) is 24.5 Å². The van der Waals surface area contributed by atoms with Gasteiger partial charge in [-0.1, -0.05) is 37.6 Å². The summed E-state index contributed by atoms with van der Waals surface area (Å²) in [6.45, 7) is 4.50. The lowest BCUT2D eigenvalue weighted by atomic mass is 10.1. The lowest BCUT2D eigenvalue weighted by Crippen LogP contribution is -2.39. The Morgan fingerprint density at radius 3 is 2.29 bits per heavy atom. The zero-order chi connectivity index (χ0) is 12.8. The van der Waals surface area contributed by atoms with Gasteiger partial charge in [-0.25, -0.2) is 0 Å². The van der Waals surface area contributed by atoms with Crippen LogP contribution in [0.5, 0.6) is 0 Å². The summed E-state index contributed by atoms with van der Waals surface area (Å²) in [6, 6.07) is 7.98. The minimum Gasteiger partial charge on any atom is -0.340 e. The Kier molecular flexibility index (Phi) is 5.16. The fourth-order valence-corrected chi connectivity index (χ4v) is 1.80. The lowest BCUT2D eigenvalue weighted by Gasteiger charge is -2.19. The maximum atomic E-state index is 11.6. The first kappa shape index (κ1) is 13.7. The smallest absolute Gasteiger partial charge is 0.239 e. The molecule has 2 N–H and O–H groups in total. The van der Waals surface area contributed by atoms with E-state index >= 15 is 0 Å². The average molecular weight is 234 g/mol. The number of benzene rings is 1. The minimum atomic E-state index is -0.431. The van der Waals surface area contributed by atoms with Crippen molar-refractivity contribution in [3.8, 4) is 0 Å². The van der Waals surface area contributed by atoms with Gasteiger partial charge in [0.2, 0.25) is 5.91 Å². The third kappa shape index (κ3) is 4.19. The fourth-order valence-electron chi connectivity index (χ4n) is 1.80. The number of amides is 1. The highest BCUT2D eigenvalue weighted by atomic mass is 16.2. The second-order valence-electron chi connectivity index (χ2n) is 4.55. The number of rotatable bonds is 5. The molecular weight excluding hydrogens is 212 g/mol. The van der Waals surface area contributed by atoms with Crippen LogP contribution in [0, 0.1) is 0 Å². The van der Waals surface area contributed by atoms with Gasteiger partial charge >= 0.3 is 0 Å². The molecule has 0 spiro atoms. The van der Waals surface area contributed by atoms with Gasteiger partial charge in [0, 0.05) is 13.6 Å². The summed E-state index contributed by atoms with van der Waals surface area (Å²) < 4.78 is 0. The topological polar surface area (TPSA) is 46.3 Å². The molecule has 1 aromatic rings. The molecule has 0 heterocycles. The summed E-state index contributed by atoms with van der Waals surface area (Å²) >= 11 is 0. The van der Waals surface area contributed by atoms with E-state index in [9.17, 15) is 4.79 Å². The molecular formula is C14H22N2O. The van der Waals surface area contributed by atoms with E-state index in [-0.39, 0.29) is 5.91 Å². The molecule has 0 saturated carbocycles. The first-order valence-electron chi connectivity index (χ1n) is 6.13. The van der Waals surface area contributed by atoms with E-state index in [0.717, 1.165) is 18.4 Å². The van der Waals surface area contributed by atoms with E-state index in [1.54, 1.807) is 18.9 Å². The first-order valence-corrected chi connectivity index (χ1v) is 6.13. The van der Waals surface area contributed by atoms with Crippen LogP contribution < -0.4 is 5.73 Å². The zero-order valence-corrected chi connectivity index (χ0v) is 10.9. The quantitative estimate of drug-likeness (QED) is 0.846. The molecule has 3 nitrogen and oxygen atoms in total. The maximum absolute atomic E-state index is 11.6. The molecule has 0 aromatic heterocycles. The van der Waals surface area contributed by atoms with Crippen molar-refractivity contribution in [2.45, 2.75) is 39.3 Å². The van der Waals surface area contributed by atoms with Crippen LogP contribution in [0.4, 0.5) is 0 Å². The van der Waals surface area contributed by atoms with Crippen molar-refractivity contribution in [3.63, 3.8) is 0 Å². The molecule has 0 aliphatic carbocycles. The normalized spacial score (nSPS) is 12.2. The highest BCUT2D eigenvalue weighted by Gasteiger charge is 2.13. The zero-order valence-electron chi connectivity index (χ0n) is 10.9. The van der Waals surface area contributed by atoms with Gasteiger partial charge in [0.25, 0.3) is 0 Å².